The van der Waals surface area contributed by atoms with Gasteiger partial charge in [-0.25, -0.2) is 4.68 Å². The number of rotatable bonds is 5. The molecule has 5 heteroatoms. The molecule has 0 amide bonds. The van der Waals surface area contributed by atoms with Crippen LogP contribution >= 0.6 is 0 Å². The first-order valence-corrected chi connectivity index (χ1v) is 9.38. The van der Waals surface area contributed by atoms with E-state index in [1.807, 2.05) is 10.7 Å². The number of hydrogen-bond acceptors (Lipinski definition) is 4. The Morgan fingerprint density at radius 1 is 1.00 bits per heavy atom. The molecule has 0 aliphatic carbocycles. The van der Waals surface area contributed by atoms with Crippen molar-refractivity contribution in [2.75, 3.05) is 11.4 Å². The van der Waals surface area contributed by atoms with Crippen molar-refractivity contribution in [1.82, 2.24) is 20.2 Å². The van der Waals surface area contributed by atoms with E-state index in [0.29, 0.717) is 12.5 Å². The van der Waals surface area contributed by atoms with Crippen molar-refractivity contribution < 1.29 is 0 Å². The molecular formula is C21H25N5. The van der Waals surface area contributed by atoms with Gasteiger partial charge in [-0.15, -0.1) is 5.10 Å². The zero-order valence-electron chi connectivity index (χ0n) is 15.4. The Morgan fingerprint density at radius 3 is 2.58 bits per heavy atom. The van der Waals surface area contributed by atoms with Gasteiger partial charge in [0, 0.05) is 12.2 Å². The molecule has 2 heterocycles. The summed E-state index contributed by atoms with van der Waals surface area (Å²) in [6.07, 6.45) is 2.31. The Hall–Kier alpha value is -2.69. The summed E-state index contributed by atoms with van der Waals surface area (Å²) in [4.78, 5) is 2.50. The topological polar surface area (TPSA) is 46.8 Å². The predicted octanol–water partition coefficient (Wildman–Crippen LogP) is 3.87. The van der Waals surface area contributed by atoms with Crippen molar-refractivity contribution in [1.29, 1.82) is 0 Å². The first-order valence-electron chi connectivity index (χ1n) is 9.38. The summed E-state index contributed by atoms with van der Waals surface area (Å²) < 4.78 is 1.96. The zero-order chi connectivity index (χ0) is 17.9. The third kappa shape index (κ3) is 3.21. The van der Waals surface area contributed by atoms with E-state index in [9.17, 15) is 0 Å². The summed E-state index contributed by atoms with van der Waals surface area (Å²) in [5.74, 6) is 1.35. The second-order valence-electron chi connectivity index (χ2n) is 7.29. The van der Waals surface area contributed by atoms with E-state index < -0.39 is 0 Å². The van der Waals surface area contributed by atoms with Crippen molar-refractivity contribution >= 4 is 5.69 Å². The summed E-state index contributed by atoms with van der Waals surface area (Å²) in [6.45, 7) is 6.24. The third-order valence-electron chi connectivity index (χ3n) is 5.11. The van der Waals surface area contributed by atoms with E-state index in [1.165, 1.54) is 23.2 Å². The van der Waals surface area contributed by atoms with Crippen LogP contribution in [0.4, 0.5) is 5.69 Å². The van der Waals surface area contributed by atoms with Crippen LogP contribution in [0, 0.1) is 5.92 Å². The lowest BCUT2D eigenvalue weighted by molar-refractivity contribution is 0.418. The lowest BCUT2D eigenvalue weighted by Crippen LogP contribution is -2.38. The normalized spacial score (nSPS) is 15.1. The number of anilines is 1. The monoisotopic (exact) mass is 347 g/mol. The second kappa shape index (κ2) is 7.28. The molecule has 0 saturated heterocycles. The molecule has 0 unspecified atom stereocenters. The highest BCUT2D eigenvalue weighted by Gasteiger charge is 2.31. The molecule has 1 aromatic heterocycles. The van der Waals surface area contributed by atoms with Crippen molar-refractivity contribution in [3.8, 4) is 0 Å². The van der Waals surface area contributed by atoms with Gasteiger partial charge in [0.15, 0.2) is 5.82 Å². The molecule has 26 heavy (non-hydrogen) atoms. The Morgan fingerprint density at radius 2 is 1.77 bits per heavy atom. The van der Waals surface area contributed by atoms with Crippen LogP contribution in [-0.2, 0) is 13.0 Å². The summed E-state index contributed by atoms with van der Waals surface area (Å²) in [7, 11) is 0. The number of tetrazole rings is 1. The molecule has 0 saturated carbocycles. The van der Waals surface area contributed by atoms with Crippen LogP contribution in [-0.4, -0.2) is 26.8 Å². The Bertz CT molecular complexity index is 856. The number of nitrogens with zero attached hydrogens (tertiary/aromatic N) is 5. The van der Waals surface area contributed by atoms with Crippen LogP contribution in [0.2, 0.25) is 0 Å². The minimum Gasteiger partial charge on any atom is -0.361 e. The molecule has 3 aromatic rings. The Kier molecular flexibility index (Phi) is 4.69. The minimum atomic E-state index is 0.162. The predicted molar refractivity (Wildman–Crippen MR) is 103 cm³/mol. The highest BCUT2D eigenvalue weighted by atomic mass is 15.5. The van der Waals surface area contributed by atoms with Gasteiger partial charge < -0.3 is 4.90 Å². The molecule has 0 N–H and O–H groups in total. The molecule has 1 aliphatic rings. The average Bonchev–Trinajstić information content (AvgIpc) is 3.10. The summed E-state index contributed by atoms with van der Waals surface area (Å²) >= 11 is 0. The molecule has 2 aromatic carbocycles. The third-order valence-corrected chi connectivity index (χ3v) is 5.11. The maximum Gasteiger partial charge on any atom is 0.174 e. The SMILES string of the molecule is CC(C)[C@@H](c1nnnn1Cc1ccccc1)N1CCCc2ccccc21. The second-order valence-corrected chi connectivity index (χ2v) is 7.29. The van der Waals surface area contributed by atoms with Gasteiger partial charge in [-0.2, -0.15) is 0 Å². The summed E-state index contributed by atoms with van der Waals surface area (Å²) in [6, 6.07) is 19.3. The molecule has 134 valence electrons. The number of fused-ring (bicyclic) bond motifs is 1. The van der Waals surface area contributed by atoms with Gasteiger partial charge >= 0.3 is 0 Å². The zero-order valence-corrected chi connectivity index (χ0v) is 15.4. The maximum atomic E-state index is 4.44. The van der Waals surface area contributed by atoms with E-state index >= 15 is 0 Å². The first-order chi connectivity index (χ1) is 12.7. The molecule has 0 spiro atoms. The molecule has 1 atom stereocenters. The van der Waals surface area contributed by atoms with Crippen LogP contribution in [0.1, 0.15) is 43.3 Å². The van der Waals surface area contributed by atoms with Gasteiger partial charge in [0.2, 0.25) is 0 Å². The average molecular weight is 347 g/mol. The molecular weight excluding hydrogens is 322 g/mol. The number of aryl methyl sites for hydroxylation is 1. The van der Waals surface area contributed by atoms with Crippen LogP contribution in [0.5, 0.6) is 0 Å². The van der Waals surface area contributed by atoms with Crippen LogP contribution in [0.15, 0.2) is 54.6 Å². The van der Waals surface area contributed by atoms with Crippen molar-refractivity contribution in [3.63, 3.8) is 0 Å². The van der Waals surface area contributed by atoms with E-state index in [4.69, 9.17) is 0 Å². The highest BCUT2D eigenvalue weighted by Crippen LogP contribution is 2.37. The number of aromatic nitrogens is 4. The highest BCUT2D eigenvalue weighted by molar-refractivity contribution is 5.56. The number of hydrogen-bond donors (Lipinski definition) is 0. The molecule has 4 rings (SSSR count). The largest absolute Gasteiger partial charge is 0.361 e. The number of para-hydroxylation sites is 1. The van der Waals surface area contributed by atoms with E-state index in [1.54, 1.807) is 0 Å². The van der Waals surface area contributed by atoms with Crippen LogP contribution in [0.25, 0.3) is 0 Å². The van der Waals surface area contributed by atoms with Gasteiger partial charge in [-0.3, -0.25) is 0 Å². The fourth-order valence-corrected chi connectivity index (χ4v) is 3.94. The lowest BCUT2D eigenvalue weighted by atomic mass is 9.95. The summed E-state index contributed by atoms with van der Waals surface area (Å²) in [5, 5.41) is 12.7. The number of benzene rings is 2. The van der Waals surface area contributed by atoms with Crippen molar-refractivity contribution in [2.24, 2.45) is 5.92 Å². The van der Waals surface area contributed by atoms with Gasteiger partial charge in [0.05, 0.1) is 12.6 Å². The molecule has 0 radical (unpaired) electrons. The molecule has 5 nitrogen and oxygen atoms in total. The van der Waals surface area contributed by atoms with Gasteiger partial charge in [-0.05, 0) is 46.4 Å². The van der Waals surface area contributed by atoms with E-state index in [2.05, 4.69) is 82.8 Å². The molecule has 1 aliphatic heterocycles. The van der Waals surface area contributed by atoms with Crippen LogP contribution in [0.3, 0.4) is 0 Å². The van der Waals surface area contributed by atoms with E-state index in [-0.39, 0.29) is 6.04 Å². The fourth-order valence-electron chi connectivity index (χ4n) is 3.94. The first kappa shape index (κ1) is 16.8. The standard InChI is InChI=1S/C21H25N5/c1-16(2)20(25-14-8-12-18-11-6-7-13-19(18)25)21-22-23-24-26(21)15-17-9-4-3-5-10-17/h3-7,9-11,13,16,20H,8,12,14-15H2,1-2H3/t20-/m0/s1. The van der Waals surface area contributed by atoms with Gasteiger partial charge in [-0.1, -0.05) is 62.4 Å². The lowest BCUT2D eigenvalue weighted by Gasteiger charge is -2.39. The Balaban J connectivity index is 1.70. The van der Waals surface area contributed by atoms with Crippen molar-refractivity contribution in [2.45, 2.75) is 39.3 Å². The van der Waals surface area contributed by atoms with E-state index in [0.717, 1.165) is 18.8 Å². The molecule has 0 fully saturated rings. The smallest absolute Gasteiger partial charge is 0.174 e. The maximum absolute atomic E-state index is 4.44. The van der Waals surface area contributed by atoms with Gasteiger partial charge in [0.1, 0.15) is 0 Å². The fraction of sp³-hybridized carbons (Fsp3) is 0.381. The quantitative estimate of drug-likeness (QED) is 0.703. The minimum absolute atomic E-state index is 0.162. The molecule has 0 bridgehead atoms. The van der Waals surface area contributed by atoms with Crippen molar-refractivity contribution in [3.05, 3.63) is 71.5 Å². The van der Waals surface area contributed by atoms with Crippen LogP contribution < -0.4 is 4.90 Å². The van der Waals surface area contributed by atoms with Gasteiger partial charge in [0.25, 0.3) is 0 Å². The Labute approximate surface area is 154 Å². The summed E-state index contributed by atoms with van der Waals surface area (Å²) in [5.41, 5.74) is 3.96.